The Hall–Kier alpha value is -2.58. The maximum absolute atomic E-state index is 12.7. The van der Waals surface area contributed by atoms with Gasteiger partial charge in [0.2, 0.25) is 10.0 Å². The zero-order valence-electron chi connectivity index (χ0n) is 15.8. The van der Waals surface area contributed by atoms with Crippen molar-refractivity contribution in [2.45, 2.75) is 24.5 Å². The van der Waals surface area contributed by atoms with Crippen molar-refractivity contribution in [3.8, 4) is 11.5 Å². The lowest BCUT2D eigenvalue weighted by atomic mass is 10.2. The topological polar surface area (TPSA) is 84.9 Å². The molecule has 8 heteroatoms. The molecule has 7 nitrogen and oxygen atoms in total. The number of carbonyl (C=O) groups excluding carboxylic acids is 1. The predicted octanol–water partition coefficient (Wildman–Crippen LogP) is 2.03. The molecule has 0 bridgehead atoms. The van der Waals surface area contributed by atoms with Gasteiger partial charge in [-0.25, -0.2) is 8.42 Å². The van der Waals surface area contributed by atoms with Crippen LogP contribution in [0.5, 0.6) is 11.5 Å². The number of nitrogens with zero attached hydrogens (tertiary/aromatic N) is 1. The van der Waals surface area contributed by atoms with Crippen LogP contribution in [0.25, 0.3) is 0 Å². The van der Waals surface area contributed by atoms with E-state index in [9.17, 15) is 13.2 Å². The Morgan fingerprint density at radius 1 is 1.07 bits per heavy atom. The molecule has 0 spiro atoms. The van der Waals surface area contributed by atoms with Gasteiger partial charge in [0.25, 0.3) is 5.91 Å². The van der Waals surface area contributed by atoms with Gasteiger partial charge in [0.05, 0.1) is 12.0 Å². The van der Waals surface area contributed by atoms with E-state index in [1.54, 1.807) is 26.2 Å². The average molecular weight is 392 g/mol. The van der Waals surface area contributed by atoms with Crippen molar-refractivity contribution in [2.75, 3.05) is 21.2 Å². The molecule has 2 aromatic carbocycles. The molecular formula is C19H24N2O5S. The van der Waals surface area contributed by atoms with E-state index in [0.29, 0.717) is 11.5 Å². The summed E-state index contributed by atoms with van der Waals surface area (Å²) in [5.41, 5.74) is 0.848. The second kappa shape index (κ2) is 8.88. The summed E-state index contributed by atoms with van der Waals surface area (Å²) in [5, 5.41) is 2.49. The van der Waals surface area contributed by atoms with Gasteiger partial charge < -0.3 is 14.8 Å². The highest BCUT2D eigenvalue weighted by Gasteiger charge is 2.21. The van der Waals surface area contributed by atoms with Crippen LogP contribution in [-0.2, 0) is 21.4 Å². The fraction of sp³-hybridized carbons (Fsp3) is 0.316. The number of hydrogen-bond acceptors (Lipinski definition) is 5. The first-order chi connectivity index (χ1) is 12.8. The molecular weight excluding hydrogens is 368 g/mol. The summed E-state index contributed by atoms with van der Waals surface area (Å²) in [6.07, 6.45) is -0.671. The molecule has 0 aliphatic rings. The molecule has 1 atom stereocenters. The molecule has 1 N–H and O–H groups in total. The van der Waals surface area contributed by atoms with Gasteiger partial charge in [0, 0.05) is 20.6 Å². The highest BCUT2D eigenvalue weighted by atomic mass is 32.2. The number of nitrogens with one attached hydrogen (secondary N) is 1. The summed E-state index contributed by atoms with van der Waals surface area (Å²) in [6.45, 7) is 1.85. The lowest BCUT2D eigenvalue weighted by molar-refractivity contribution is -0.126. The monoisotopic (exact) mass is 392 g/mol. The fourth-order valence-corrected chi connectivity index (χ4v) is 3.56. The number of likely N-dealkylation sites (N-methyl/N-ethyl adjacent to an activating group) is 1. The predicted molar refractivity (Wildman–Crippen MR) is 102 cm³/mol. The van der Waals surface area contributed by atoms with Crippen molar-refractivity contribution in [1.82, 2.24) is 9.62 Å². The largest absolute Gasteiger partial charge is 0.497 e. The molecule has 0 unspecified atom stereocenters. The zero-order valence-corrected chi connectivity index (χ0v) is 16.6. The minimum atomic E-state index is -3.65. The van der Waals surface area contributed by atoms with Crippen LogP contribution >= 0.6 is 0 Å². The Labute approximate surface area is 160 Å². The van der Waals surface area contributed by atoms with Gasteiger partial charge in [0.15, 0.2) is 6.10 Å². The number of amides is 1. The third-order valence-electron chi connectivity index (χ3n) is 4.02. The first kappa shape index (κ1) is 20.7. The summed E-state index contributed by atoms with van der Waals surface area (Å²) in [6, 6.07) is 13.2. The summed E-state index contributed by atoms with van der Waals surface area (Å²) in [7, 11) is 0.976. The van der Waals surface area contributed by atoms with Crippen molar-refractivity contribution in [3.63, 3.8) is 0 Å². The second-order valence-electron chi connectivity index (χ2n) is 5.95. The van der Waals surface area contributed by atoms with Crippen LogP contribution in [0, 0.1) is 0 Å². The lowest BCUT2D eigenvalue weighted by Gasteiger charge is -2.18. The van der Waals surface area contributed by atoms with E-state index < -0.39 is 16.1 Å². The molecule has 0 saturated carbocycles. The average Bonchev–Trinajstić information content (AvgIpc) is 2.68. The van der Waals surface area contributed by atoms with Gasteiger partial charge >= 0.3 is 0 Å². The third kappa shape index (κ3) is 5.21. The van der Waals surface area contributed by atoms with E-state index in [1.807, 2.05) is 12.1 Å². The Morgan fingerprint density at radius 2 is 1.63 bits per heavy atom. The number of sulfonamides is 1. The molecule has 1 amide bonds. The first-order valence-corrected chi connectivity index (χ1v) is 9.79. The molecule has 0 aliphatic heterocycles. The highest BCUT2D eigenvalue weighted by Crippen LogP contribution is 2.21. The second-order valence-corrected chi connectivity index (χ2v) is 8.00. The molecule has 0 saturated heterocycles. The molecule has 2 aromatic rings. The van der Waals surface area contributed by atoms with E-state index in [4.69, 9.17) is 9.47 Å². The Balaban J connectivity index is 2.09. The molecule has 0 aliphatic carbocycles. The third-order valence-corrected chi connectivity index (χ3v) is 5.84. The maximum atomic E-state index is 12.7. The Kier molecular flexibility index (Phi) is 6.81. The van der Waals surface area contributed by atoms with E-state index in [-0.39, 0.29) is 17.3 Å². The van der Waals surface area contributed by atoms with Crippen LogP contribution < -0.4 is 14.8 Å². The molecule has 27 heavy (non-hydrogen) atoms. The number of hydrogen-bond donors (Lipinski definition) is 1. The molecule has 2 rings (SSSR count). The SMILES string of the molecule is CNC(=O)[C@@H](C)Oc1ccc(S(=O)(=O)N(C)Cc2ccc(OC)cc2)cc1. The van der Waals surface area contributed by atoms with Gasteiger partial charge in [-0.3, -0.25) is 4.79 Å². The van der Waals surface area contributed by atoms with Gasteiger partial charge in [-0.1, -0.05) is 12.1 Å². The number of benzene rings is 2. The van der Waals surface area contributed by atoms with Gasteiger partial charge in [0.1, 0.15) is 11.5 Å². The van der Waals surface area contributed by atoms with Crippen molar-refractivity contribution in [2.24, 2.45) is 0 Å². The maximum Gasteiger partial charge on any atom is 0.260 e. The minimum Gasteiger partial charge on any atom is -0.497 e. The van der Waals surface area contributed by atoms with Crippen molar-refractivity contribution in [3.05, 3.63) is 54.1 Å². The van der Waals surface area contributed by atoms with E-state index in [0.717, 1.165) is 5.56 Å². The fourth-order valence-electron chi connectivity index (χ4n) is 2.40. The summed E-state index contributed by atoms with van der Waals surface area (Å²) in [5.74, 6) is 0.875. The van der Waals surface area contributed by atoms with Gasteiger partial charge in [-0.05, 0) is 48.9 Å². The number of rotatable bonds is 8. The standard InChI is InChI=1S/C19H24N2O5S/c1-14(19(22)20-2)26-17-9-11-18(12-10-17)27(23,24)21(3)13-15-5-7-16(25-4)8-6-15/h5-12,14H,13H2,1-4H3,(H,20,22)/t14-/m1/s1. The first-order valence-electron chi connectivity index (χ1n) is 8.35. The lowest BCUT2D eigenvalue weighted by Crippen LogP contribution is -2.33. The van der Waals surface area contributed by atoms with Crippen molar-refractivity contribution < 1.29 is 22.7 Å². The molecule has 0 radical (unpaired) electrons. The van der Waals surface area contributed by atoms with Crippen LogP contribution in [-0.4, -0.2) is 45.9 Å². The summed E-state index contributed by atoms with van der Waals surface area (Å²) < 4.78 is 37.3. The quantitative estimate of drug-likeness (QED) is 0.743. The normalized spacial score (nSPS) is 12.5. The van der Waals surface area contributed by atoms with Gasteiger partial charge in [-0.2, -0.15) is 4.31 Å². The van der Waals surface area contributed by atoms with Crippen LogP contribution in [0.15, 0.2) is 53.4 Å². The van der Waals surface area contributed by atoms with Crippen LogP contribution in [0.3, 0.4) is 0 Å². The minimum absolute atomic E-state index is 0.151. The molecule has 0 heterocycles. The molecule has 0 aromatic heterocycles. The van der Waals surface area contributed by atoms with E-state index in [2.05, 4.69) is 5.32 Å². The van der Waals surface area contributed by atoms with Crippen molar-refractivity contribution in [1.29, 1.82) is 0 Å². The number of carbonyl (C=O) groups is 1. The van der Waals surface area contributed by atoms with Gasteiger partial charge in [-0.15, -0.1) is 0 Å². The van der Waals surface area contributed by atoms with Crippen LogP contribution in [0.4, 0.5) is 0 Å². The molecule has 146 valence electrons. The summed E-state index contributed by atoms with van der Waals surface area (Å²) in [4.78, 5) is 11.7. The summed E-state index contributed by atoms with van der Waals surface area (Å²) >= 11 is 0. The smallest absolute Gasteiger partial charge is 0.260 e. The van der Waals surface area contributed by atoms with Crippen LogP contribution in [0.2, 0.25) is 0 Å². The number of ether oxygens (including phenoxy) is 2. The highest BCUT2D eigenvalue weighted by molar-refractivity contribution is 7.89. The van der Waals surface area contributed by atoms with E-state index in [1.165, 1.54) is 42.7 Å². The van der Waals surface area contributed by atoms with E-state index >= 15 is 0 Å². The Bertz CT molecular complexity index is 864. The number of methoxy groups -OCH3 is 1. The van der Waals surface area contributed by atoms with Crippen LogP contribution in [0.1, 0.15) is 12.5 Å². The molecule has 0 fully saturated rings. The Morgan fingerprint density at radius 3 is 2.15 bits per heavy atom. The van der Waals surface area contributed by atoms with Crippen molar-refractivity contribution >= 4 is 15.9 Å². The zero-order chi connectivity index (χ0) is 20.0.